The van der Waals surface area contributed by atoms with Gasteiger partial charge in [0.2, 0.25) is 10.0 Å². The van der Waals surface area contributed by atoms with E-state index in [1.807, 2.05) is 54.6 Å². The Labute approximate surface area is 159 Å². The molecule has 0 aliphatic rings. The third kappa shape index (κ3) is 4.35. The van der Waals surface area contributed by atoms with Crippen molar-refractivity contribution < 1.29 is 13.2 Å². The van der Waals surface area contributed by atoms with Crippen LogP contribution in [0.4, 0.5) is 11.4 Å². The summed E-state index contributed by atoms with van der Waals surface area (Å²) in [6.07, 6.45) is 1.10. The Hall–Kier alpha value is -3.12. The predicted molar refractivity (Wildman–Crippen MR) is 110 cm³/mol. The van der Waals surface area contributed by atoms with E-state index < -0.39 is 10.0 Å². The second-order valence-electron chi connectivity index (χ2n) is 6.15. The van der Waals surface area contributed by atoms with Crippen LogP contribution in [0.2, 0.25) is 0 Å². The number of benzene rings is 3. The van der Waals surface area contributed by atoms with Crippen molar-refractivity contribution in [3.05, 3.63) is 84.4 Å². The van der Waals surface area contributed by atoms with E-state index >= 15 is 0 Å². The van der Waals surface area contributed by atoms with Crippen LogP contribution in [0.5, 0.6) is 0 Å². The molecule has 5 nitrogen and oxygen atoms in total. The zero-order valence-corrected chi connectivity index (χ0v) is 15.9. The molecule has 0 bridgehead atoms. The molecule has 0 saturated carbocycles. The fourth-order valence-electron chi connectivity index (χ4n) is 2.69. The van der Waals surface area contributed by atoms with Gasteiger partial charge in [-0.15, -0.1) is 0 Å². The SMILES string of the molecule is CN(c1ccccc1C(=O)Nc1ccc(-c2ccccc2)cc1)S(C)(=O)=O. The van der Waals surface area contributed by atoms with Crippen LogP contribution in [-0.4, -0.2) is 27.6 Å². The van der Waals surface area contributed by atoms with Crippen molar-refractivity contribution >= 4 is 27.3 Å². The number of amides is 1. The van der Waals surface area contributed by atoms with E-state index in [1.54, 1.807) is 24.3 Å². The smallest absolute Gasteiger partial charge is 0.257 e. The van der Waals surface area contributed by atoms with Crippen LogP contribution in [0, 0.1) is 0 Å². The number of carbonyl (C=O) groups excluding carboxylic acids is 1. The molecule has 27 heavy (non-hydrogen) atoms. The molecule has 6 heteroatoms. The largest absolute Gasteiger partial charge is 0.322 e. The van der Waals surface area contributed by atoms with E-state index in [2.05, 4.69) is 5.32 Å². The van der Waals surface area contributed by atoms with Gasteiger partial charge >= 0.3 is 0 Å². The predicted octanol–water partition coefficient (Wildman–Crippen LogP) is 4.00. The average Bonchev–Trinajstić information content (AvgIpc) is 2.68. The number of hydrogen-bond donors (Lipinski definition) is 1. The van der Waals surface area contributed by atoms with Crippen molar-refractivity contribution in [1.29, 1.82) is 0 Å². The third-order valence-corrected chi connectivity index (χ3v) is 5.43. The van der Waals surface area contributed by atoms with Crippen molar-refractivity contribution in [2.75, 3.05) is 22.9 Å². The number of nitrogens with one attached hydrogen (secondary N) is 1. The van der Waals surface area contributed by atoms with Gasteiger partial charge in [0.15, 0.2) is 0 Å². The summed E-state index contributed by atoms with van der Waals surface area (Å²) in [4.78, 5) is 12.7. The van der Waals surface area contributed by atoms with Crippen LogP contribution in [0.15, 0.2) is 78.9 Å². The Morgan fingerprint density at radius 2 is 1.37 bits per heavy atom. The topological polar surface area (TPSA) is 66.5 Å². The number of sulfonamides is 1. The van der Waals surface area contributed by atoms with Gasteiger partial charge in [-0.2, -0.15) is 0 Å². The molecule has 0 atom stereocenters. The van der Waals surface area contributed by atoms with E-state index in [-0.39, 0.29) is 11.5 Å². The van der Waals surface area contributed by atoms with Gasteiger partial charge in [-0.1, -0.05) is 54.6 Å². The van der Waals surface area contributed by atoms with Gasteiger partial charge in [-0.3, -0.25) is 9.10 Å². The van der Waals surface area contributed by atoms with Crippen LogP contribution in [0.1, 0.15) is 10.4 Å². The minimum atomic E-state index is -3.47. The van der Waals surface area contributed by atoms with Gasteiger partial charge < -0.3 is 5.32 Å². The van der Waals surface area contributed by atoms with Crippen molar-refractivity contribution in [1.82, 2.24) is 0 Å². The van der Waals surface area contributed by atoms with Crippen LogP contribution in [0.25, 0.3) is 11.1 Å². The molecule has 1 amide bonds. The first-order chi connectivity index (χ1) is 12.9. The highest BCUT2D eigenvalue weighted by Gasteiger charge is 2.19. The van der Waals surface area contributed by atoms with E-state index in [1.165, 1.54) is 7.05 Å². The Balaban J connectivity index is 1.82. The monoisotopic (exact) mass is 380 g/mol. The number of carbonyl (C=O) groups is 1. The molecule has 0 aliphatic carbocycles. The Bertz CT molecular complexity index is 1050. The van der Waals surface area contributed by atoms with Crippen LogP contribution in [-0.2, 0) is 10.0 Å². The molecule has 1 N–H and O–H groups in total. The highest BCUT2D eigenvalue weighted by molar-refractivity contribution is 7.92. The number of nitrogens with zero attached hydrogens (tertiary/aromatic N) is 1. The molecule has 3 aromatic rings. The summed E-state index contributed by atoms with van der Waals surface area (Å²) >= 11 is 0. The van der Waals surface area contributed by atoms with Gasteiger partial charge in [0.1, 0.15) is 0 Å². The molecule has 0 radical (unpaired) electrons. The number of hydrogen-bond acceptors (Lipinski definition) is 3. The molecular formula is C21H20N2O3S. The van der Waals surface area contributed by atoms with Crippen LogP contribution in [0.3, 0.4) is 0 Å². The Kier molecular flexibility index (Phi) is 5.28. The van der Waals surface area contributed by atoms with Crippen molar-refractivity contribution in [2.24, 2.45) is 0 Å². The fraction of sp³-hybridized carbons (Fsp3) is 0.0952. The summed E-state index contributed by atoms with van der Waals surface area (Å²) in [7, 11) is -2.04. The minimum absolute atomic E-state index is 0.289. The lowest BCUT2D eigenvalue weighted by molar-refractivity contribution is 0.102. The zero-order chi connectivity index (χ0) is 19.4. The van der Waals surface area contributed by atoms with E-state index in [0.29, 0.717) is 11.4 Å². The van der Waals surface area contributed by atoms with Crippen molar-refractivity contribution in [2.45, 2.75) is 0 Å². The summed E-state index contributed by atoms with van der Waals surface area (Å²) in [6, 6.07) is 24.1. The van der Waals surface area contributed by atoms with Gasteiger partial charge in [-0.05, 0) is 35.4 Å². The van der Waals surface area contributed by atoms with Crippen LogP contribution >= 0.6 is 0 Å². The maximum atomic E-state index is 12.7. The lowest BCUT2D eigenvalue weighted by atomic mass is 10.1. The van der Waals surface area contributed by atoms with E-state index in [4.69, 9.17) is 0 Å². The highest BCUT2D eigenvalue weighted by atomic mass is 32.2. The molecule has 0 aliphatic heterocycles. The van der Waals surface area contributed by atoms with E-state index in [9.17, 15) is 13.2 Å². The fourth-order valence-corrected chi connectivity index (χ4v) is 3.21. The first-order valence-corrected chi connectivity index (χ1v) is 10.2. The molecule has 0 saturated heterocycles. The Morgan fingerprint density at radius 3 is 2.00 bits per heavy atom. The highest BCUT2D eigenvalue weighted by Crippen LogP contribution is 2.24. The molecule has 0 unspecified atom stereocenters. The Morgan fingerprint density at radius 1 is 0.815 bits per heavy atom. The lowest BCUT2D eigenvalue weighted by Gasteiger charge is -2.19. The standard InChI is InChI=1S/C21H20N2O3S/c1-23(27(2,25)26)20-11-7-6-10-19(20)21(24)22-18-14-12-17(13-15-18)16-8-4-3-5-9-16/h3-15H,1-2H3,(H,22,24). The van der Waals surface area contributed by atoms with Gasteiger partial charge in [0, 0.05) is 12.7 Å². The number of para-hydroxylation sites is 1. The quantitative estimate of drug-likeness (QED) is 0.727. The molecule has 0 aromatic heterocycles. The maximum Gasteiger partial charge on any atom is 0.257 e. The maximum absolute atomic E-state index is 12.7. The van der Waals surface area contributed by atoms with E-state index in [0.717, 1.165) is 21.7 Å². The summed E-state index contributed by atoms with van der Waals surface area (Å²) < 4.78 is 24.8. The zero-order valence-electron chi connectivity index (χ0n) is 15.1. The second-order valence-corrected chi connectivity index (χ2v) is 8.16. The van der Waals surface area contributed by atoms with Crippen molar-refractivity contribution in [3.63, 3.8) is 0 Å². The number of rotatable bonds is 5. The van der Waals surface area contributed by atoms with Gasteiger partial charge in [0.05, 0.1) is 17.5 Å². The summed E-state index contributed by atoms with van der Waals surface area (Å²) in [5, 5.41) is 2.82. The molecule has 0 fully saturated rings. The lowest BCUT2D eigenvalue weighted by Crippen LogP contribution is -2.27. The third-order valence-electron chi connectivity index (χ3n) is 4.24. The summed E-state index contributed by atoms with van der Waals surface area (Å²) in [6.45, 7) is 0. The molecule has 138 valence electrons. The molecule has 0 heterocycles. The normalized spacial score (nSPS) is 11.0. The summed E-state index contributed by atoms with van der Waals surface area (Å²) in [5.41, 5.74) is 3.40. The number of anilines is 2. The van der Waals surface area contributed by atoms with Crippen LogP contribution < -0.4 is 9.62 Å². The second kappa shape index (κ2) is 7.63. The first-order valence-electron chi connectivity index (χ1n) is 8.36. The average molecular weight is 380 g/mol. The summed E-state index contributed by atoms with van der Waals surface area (Å²) in [5.74, 6) is -0.367. The first kappa shape index (κ1) is 18.7. The molecule has 3 aromatic carbocycles. The molecule has 3 rings (SSSR count). The molecule has 0 spiro atoms. The minimum Gasteiger partial charge on any atom is -0.322 e. The van der Waals surface area contributed by atoms with Gasteiger partial charge in [0.25, 0.3) is 5.91 Å². The van der Waals surface area contributed by atoms with Crippen molar-refractivity contribution in [3.8, 4) is 11.1 Å². The van der Waals surface area contributed by atoms with Gasteiger partial charge in [-0.25, -0.2) is 8.42 Å². The molecular weight excluding hydrogens is 360 g/mol.